The van der Waals surface area contributed by atoms with E-state index in [0.29, 0.717) is 10.6 Å². The van der Waals surface area contributed by atoms with E-state index in [9.17, 15) is 15.0 Å². The molecule has 0 atom stereocenters. The Hall–Kier alpha value is -2.53. The minimum atomic E-state index is -0.551. The predicted molar refractivity (Wildman–Crippen MR) is 81.0 cm³/mol. The van der Waals surface area contributed by atoms with Gasteiger partial charge in [0.05, 0.1) is 11.8 Å². The lowest BCUT2D eigenvalue weighted by molar-refractivity contribution is 0.0952. The van der Waals surface area contributed by atoms with Crippen molar-refractivity contribution in [3.05, 3.63) is 58.1 Å². The van der Waals surface area contributed by atoms with E-state index < -0.39 is 5.91 Å². The molecule has 0 bridgehead atoms. The summed E-state index contributed by atoms with van der Waals surface area (Å²) in [7, 11) is 0. The largest absolute Gasteiger partial charge is 0.507 e. The van der Waals surface area contributed by atoms with Crippen LogP contribution in [0.2, 0.25) is 5.02 Å². The van der Waals surface area contributed by atoms with E-state index in [4.69, 9.17) is 11.6 Å². The zero-order valence-electron chi connectivity index (χ0n) is 11.2. The Balaban J connectivity index is 2.10. The standard InChI is InChI=1S/C15H13ClN2O3/c1-9-2-4-12(14(20)6-9)15(21)18-17-8-10-7-11(16)3-5-13(10)19/h2-8,19-20H,1H3,(H,18,21). The summed E-state index contributed by atoms with van der Waals surface area (Å²) >= 11 is 5.80. The highest BCUT2D eigenvalue weighted by Gasteiger charge is 2.09. The van der Waals surface area contributed by atoms with Gasteiger partial charge >= 0.3 is 0 Å². The van der Waals surface area contributed by atoms with Crippen LogP contribution in [0.5, 0.6) is 11.5 Å². The summed E-state index contributed by atoms with van der Waals surface area (Å²) in [4.78, 5) is 11.8. The molecule has 2 aromatic carbocycles. The molecule has 0 unspecified atom stereocenters. The Morgan fingerprint density at radius 2 is 1.95 bits per heavy atom. The number of hydrazone groups is 1. The van der Waals surface area contributed by atoms with E-state index in [1.165, 1.54) is 36.5 Å². The monoisotopic (exact) mass is 304 g/mol. The normalized spacial score (nSPS) is 10.8. The smallest absolute Gasteiger partial charge is 0.275 e. The van der Waals surface area contributed by atoms with Gasteiger partial charge < -0.3 is 10.2 Å². The number of hydrogen-bond acceptors (Lipinski definition) is 4. The Labute approximate surface area is 126 Å². The van der Waals surface area contributed by atoms with Crippen molar-refractivity contribution < 1.29 is 15.0 Å². The molecule has 0 spiro atoms. The molecule has 2 aromatic rings. The van der Waals surface area contributed by atoms with Crippen molar-refractivity contribution in [2.75, 3.05) is 0 Å². The van der Waals surface area contributed by atoms with Crippen molar-refractivity contribution in [2.24, 2.45) is 5.10 Å². The Morgan fingerprint density at radius 3 is 2.67 bits per heavy atom. The fourth-order valence-corrected chi connectivity index (χ4v) is 1.86. The Bertz CT molecular complexity index is 714. The van der Waals surface area contributed by atoms with Gasteiger partial charge in [-0.25, -0.2) is 5.43 Å². The van der Waals surface area contributed by atoms with Gasteiger partial charge in [-0.1, -0.05) is 17.7 Å². The molecule has 0 aliphatic heterocycles. The highest BCUT2D eigenvalue weighted by molar-refractivity contribution is 6.30. The molecule has 6 heteroatoms. The number of halogens is 1. The van der Waals surface area contributed by atoms with Crippen molar-refractivity contribution in [1.82, 2.24) is 5.43 Å². The van der Waals surface area contributed by atoms with Gasteiger partial charge in [0.15, 0.2) is 0 Å². The van der Waals surface area contributed by atoms with Gasteiger partial charge in [0, 0.05) is 10.6 Å². The predicted octanol–water partition coefficient (Wildman–Crippen LogP) is 2.82. The van der Waals surface area contributed by atoms with Gasteiger partial charge in [-0.15, -0.1) is 0 Å². The summed E-state index contributed by atoms with van der Waals surface area (Å²) in [6.07, 6.45) is 1.27. The van der Waals surface area contributed by atoms with Gasteiger partial charge in [0.25, 0.3) is 5.91 Å². The van der Waals surface area contributed by atoms with Crippen LogP contribution in [0.1, 0.15) is 21.5 Å². The first-order valence-electron chi connectivity index (χ1n) is 6.09. The van der Waals surface area contributed by atoms with Crippen LogP contribution in [0.25, 0.3) is 0 Å². The molecule has 2 rings (SSSR count). The van der Waals surface area contributed by atoms with Crippen molar-refractivity contribution in [3.8, 4) is 11.5 Å². The maximum Gasteiger partial charge on any atom is 0.275 e. The number of phenolic OH excluding ortho intramolecular Hbond substituents is 2. The maximum absolute atomic E-state index is 11.8. The summed E-state index contributed by atoms with van der Waals surface area (Å²) in [5.41, 5.74) is 3.60. The van der Waals surface area contributed by atoms with Crippen LogP contribution in [-0.4, -0.2) is 22.3 Å². The van der Waals surface area contributed by atoms with Crippen LogP contribution >= 0.6 is 11.6 Å². The van der Waals surface area contributed by atoms with Gasteiger partial charge in [-0.3, -0.25) is 4.79 Å². The molecule has 0 heterocycles. The fourth-order valence-electron chi connectivity index (χ4n) is 1.68. The number of carbonyl (C=O) groups excluding carboxylic acids is 1. The van der Waals surface area contributed by atoms with E-state index in [0.717, 1.165) is 5.56 Å². The third kappa shape index (κ3) is 3.73. The number of aryl methyl sites for hydroxylation is 1. The molecule has 0 saturated carbocycles. The number of nitrogens with zero attached hydrogens (tertiary/aromatic N) is 1. The molecule has 3 N–H and O–H groups in total. The molecule has 0 fully saturated rings. The zero-order chi connectivity index (χ0) is 15.4. The van der Waals surface area contributed by atoms with E-state index >= 15 is 0 Å². The molecule has 0 radical (unpaired) electrons. The first-order chi connectivity index (χ1) is 9.97. The number of rotatable bonds is 3. The molecule has 21 heavy (non-hydrogen) atoms. The molecular weight excluding hydrogens is 292 g/mol. The highest BCUT2D eigenvalue weighted by atomic mass is 35.5. The molecule has 0 aliphatic rings. The SMILES string of the molecule is Cc1ccc(C(=O)NN=Cc2cc(Cl)ccc2O)c(O)c1. The number of nitrogens with one attached hydrogen (secondary N) is 1. The van der Waals surface area contributed by atoms with Crippen LogP contribution < -0.4 is 5.43 Å². The van der Waals surface area contributed by atoms with Crippen LogP contribution in [-0.2, 0) is 0 Å². The molecule has 5 nitrogen and oxygen atoms in total. The van der Waals surface area contributed by atoms with Gasteiger partial charge in [-0.05, 0) is 42.8 Å². The van der Waals surface area contributed by atoms with Crippen LogP contribution in [0.3, 0.4) is 0 Å². The second kappa shape index (κ2) is 6.28. The second-order valence-corrected chi connectivity index (χ2v) is 4.86. The number of carbonyl (C=O) groups is 1. The van der Waals surface area contributed by atoms with Crippen LogP contribution in [0.4, 0.5) is 0 Å². The lowest BCUT2D eigenvalue weighted by Crippen LogP contribution is -2.17. The molecule has 108 valence electrons. The van der Waals surface area contributed by atoms with E-state index in [1.54, 1.807) is 6.07 Å². The summed E-state index contributed by atoms with van der Waals surface area (Å²) in [5.74, 6) is -0.672. The average Bonchev–Trinajstić information content (AvgIpc) is 2.42. The quantitative estimate of drug-likeness (QED) is 0.602. The van der Waals surface area contributed by atoms with Crippen LogP contribution in [0.15, 0.2) is 41.5 Å². The lowest BCUT2D eigenvalue weighted by Gasteiger charge is -2.04. The number of phenols is 2. The van der Waals surface area contributed by atoms with Crippen molar-refractivity contribution in [2.45, 2.75) is 6.92 Å². The number of benzene rings is 2. The number of aromatic hydroxyl groups is 2. The van der Waals surface area contributed by atoms with E-state index in [-0.39, 0.29) is 17.1 Å². The first-order valence-corrected chi connectivity index (χ1v) is 6.46. The molecule has 0 aliphatic carbocycles. The zero-order valence-corrected chi connectivity index (χ0v) is 11.9. The number of amides is 1. The first kappa shape index (κ1) is 14.9. The van der Waals surface area contributed by atoms with Gasteiger partial charge in [0.2, 0.25) is 0 Å². The highest BCUT2D eigenvalue weighted by Crippen LogP contribution is 2.20. The lowest BCUT2D eigenvalue weighted by atomic mass is 10.1. The third-order valence-corrected chi connectivity index (χ3v) is 2.99. The van der Waals surface area contributed by atoms with Crippen molar-refractivity contribution in [3.63, 3.8) is 0 Å². The Kier molecular flexibility index (Phi) is 4.45. The summed E-state index contributed by atoms with van der Waals surface area (Å²) in [6, 6.07) is 9.18. The van der Waals surface area contributed by atoms with Crippen LogP contribution in [0, 0.1) is 6.92 Å². The summed E-state index contributed by atoms with van der Waals surface area (Å²) < 4.78 is 0. The topological polar surface area (TPSA) is 81.9 Å². The fraction of sp³-hybridized carbons (Fsp3) is 0.0667. The summed E-state index contributed by atoms with van der Waals surface area (Å²) in [5, 5.41) is 23.4. The minimum absolute atomic E-state index is 0.00409. The van der Waals surface area contributed by atoms with E-state index in [2.05, 4.69) is 10.5 Å². The summed E-state index contributed by atoms with van der Waals surface area (Å²) in [6.45, 7) is 1.81. The van der Waals surface area contributed by atoms with E-state index in [1.807, 2.05) is 6.92 Å². The third-order valence-electron chi connectivity index (χ3n) is 2.76. The van der Waals surface area contributed by atoms with Crippen molar-refractivity contribution in [1.29, 1.82) is 0 Å². The molecule has 0 aromatic heterocycles. The van der Waals surface area contributed by atoms with Gasteiger partial charge in [0.1, 0.15) is 11.5 Å². The minimum Gasteiger partial charge on any atom is -0.507 e. The molecule has 0 saturated heterocycles. The number of hydrogen-bond donors (Lipinski definition) is 3. The molecular formula is C15H13ClN2O3. The maximum atomic E-state index is 11.8. The molecule has 1 amide bonds. The second-order valence-electron chi connectivity index (χ2n) is 4.42. The Morgan fingerprint density at radius 1 is 1.19 bits per heavy atom. The average molecular weight is 305 g/mol. The van der Waals surface area contributed by atoms with Gasteiger partial charge in [-0.2, -0.15) is 5.10 Å². The van der Waals surface area contributed by atoms with Crippen molar-refractivity contribution >= 4 is 23.7 Å².